The van der Waals surface area contributed by atoms with E-state index >= 15 is 0 Å². The van der Waals surface area contributed by atoms with Crippen LogP contribution in [0.15, 0.2) is 48.5 Å². The molecule has 0 spiro atoms. The third kappa shape index (κ3) is 3.13. The van der Waals surface area contributed by atoms with Crippen LogP contribution in [-0.4, -0.2) is 25.9 Å². The highest BCUT2D eigenvalue weighted by Crippen LogP contribution is 2.26. The summed E-state index contributed by atoms with van der Waals surface area (Å²) >= 11 is 0. The van der Waals surface area contributed by atoms with Crippen molar-refractivity contribution in [2.45, 2.75) is 6.04 Å². The van der Waals surface area contributed by atoms with E-state index in [0.717, 1.165) is 22.4 Å². The monoisotopic (exact) mass is 257 g/mol. The molecule has 0 aliphatic heterocycles. The van der Waals surface area contributed by atoms with Gasteiger partial charge in [0.2, 0.25) is 0 Å². The second-order valence-corrected chi connectivity index (χ2v) is 4.38. The molecule has 0 saturated carbocycles. The normalized spacial score (nSPS) is 12.2. The van der Waals surface area contributed by atoms with Crippen molar-refractivity contribution >= 4 is 0 Å². The molecule has 2 N–H and O–H groups in total. The standard InChI is InChI=1S/C16H19NO2/c1-17-16(11-18)14-7-3-5-12(9-14)13-6-4-8-15(10-13)19-2/h3-10,16-18H,11H2,1-2H3. The van der Waals surface area contributed by atoms with Crippen LogP contribution in [-0.2, 0) is 0 Å². The van der Waals surface area contributed by atoms with Gasteiger partial charge in [-0.2, -0.15) is 0 Å². The van der Waals surface area contributed by atoms with Gasteiger partial charge in [-0.3, -0.25) is 0 Å². The smallest absolute Gasteiger partial charge is 0.119 e. The maximum atomic E-state index is 9.34. The van der Waals surface area contributed by atoms with E-state index in [0.29, 0.717) is 0 Å². The third-order valence-corrected chi connectivity index (χ3v) is 3.22. The highest BCUT2D eigenvalue weighted by Gasteiger charge is 2.08. The van der Waals surface area contributed by atoms with Gasteiger partial charge in [-0.25, -0.2) is 0 Å². The highest BCUT2D eigenvalue weighted by molar-refractivity contribution is 5.66. The topological polar surface area (TPSA) is 41.5 Å². The van der Waals surface area contributed by atoms with Gasteiger partial charge in [-0.1, -0.05) is 30.3 Å². The molecule has 1 unspecified atom stereocenters. The molecule has 0 saturated heterocycles. The Morgan fingerprint density at radius 2 is 1.79 bits per heavy atom. The van der Waals surface area contributed by atoms with Gasteiger partial charge in [0.1, 0.15) is 5.75 Å². The number of likely N-dealkylation sites (N-methyl/N-ethyl adjacent to an activating group) is 1. The van der Waals surface area contributed by atoms with Crippen molar-refractivity contribution in [2.24, 2.45) is 0 Å². The molecule has 1 atom stereocenters. The Balaban J connectivity index is 2.37. The molecule has 100 valence electrons. The minimum atomic E-state index is -0.0365. The zero-order valence-electron chi connectivity index (χ0n) is 11.3. The summed E-state index contributed by atoms with van der Waals surface area (Å²) in [6.45, 7) is 0.0814. The van der Waals surface area contributed by atoms with Crippen LogP contribution < -0.4 is 10.1 Å². The first-order valence-corrected chi connectivity index (χ1v) is 6.31. The van der Waals surface area contributed by atoms with E-state index in [9.17, 15) is 5.11 Å². The van der Waals surface area contributed by atoms with Gasteiger partial charge in [0.25, 0.3) is 0 Å². The number of methoxy groups -OCH3 is 1. The quantitative estimate of drug-likeness (QED) is 0.865. The number of hydrogen-bond donors (Lipinski definition) is 2. The van der Waals surface area contributed by atoms with E-state index in [1.54, 1.807) is 7.11 Å². The second kappa shape index (κ2) is 6.36. The summed E-state index contributed by atoms with van der Waals surface area (Å²) in [6.07, 6.45) is 0. The van der Waals surface area contributed by atoms with Gasteiger partial charge in [0, 0.05) is 0 Å². The summed E-state index contributed by atoms with van der Waals surface area (Å²) in [6, 6.07) is 16.1. The summed E-state index contributed by atoms with van der Waals surface area (Å²) in [5.74, 6) is 0.843. The number of benzene rings is 2. The van der Waals surface area contributed by atoms with Crippen LogP contribution in [0.4, 0.5) is 0 Å². The molecule has 3 heteroatoms. The molecule has 0 heterocycles. The molecular formula is C16H19NO2. The first-order valence-electron chi connectivity index (χ1n) is 6.31. The first kappa shape index (κ1) is 13.6. The maximum Gasteiger partial charge on any atom is 0.119 e. The molecule has 2 rings (SSSR count). The molecule has 0 aliphatic rings. The molecule has 0 fully saturated rings. The van der Waals surface area contributed by atoms with Gasteiger partial charge < -0.3 is 15.2 Å². The average Bonchev–Trinajstić information content (AvgIpc) is 2.49. The molecule has 0 bridgehead atoms. The molecular weight excluding hydrogens is 238 g/mol. The fourth-order valence-electron chi connectivity index (χ4n) is 2.10. The van der Waals surface area contributed by atoms with Crippen LogP contribution in [0.1, 0.15) is 11.6 Å². The lowest BCUT2D eigenvalue weighted by molar-refractivity contribution is 0.251. The predicted octanol–water partition coefficient (Wildman–Crippen LogP) is 2.62. The Bertz CT molecular complexity index is 536. The van der Waals surface area contributed by atoms with Crippen LogP contribution in [0.5, 0.6) is 5.75 Å². The Kier molecular flexibility index (Phi) is 4.55. The summed E-state index contributed by atoms with van der Waals surface area (Å²) in [5, 5.41) is 12.4. The van der Waals surface area contributed by atoms with Gasteiger partial charge in [-0.15, -0.1) is 0 Å². The van der Waals surface area contributed by atoms with Crippen LogP contribution in [0.25, 0.3) is 11.1 Å². The first-order chi connectivity index (χ1) is 9.28. The lowest BCUT2D eigenvalue weighted by Gasteiger charge is -2.15. The van der Waals surface area contributed by atoms with Gasteiger partial charge in [0.15, 0.2) is 0 Å². The van der Waals surface area contributed by atoms with Crippen molar-refractivity contribution in [1.82, 2.24) is 5.32 Å². The Hall–Kier alpha value is -1.84. The molecule has 2 aromatic carbocycles. The summed E-state index contributed by atoms with van der Waals surface area (Å²) < 4.78 is 5.24. The number of ether oxygens (including phenoxy) is 1. The van der Waals surface area contributed by atoms with Gasteiger partial charge in [-0.05, 0) is 41.9 Å². The number of rotatable bonds is 5. The van der Waals surface area contributed by atoms with Crippen LogP contribution in [0, 0.1) is 0 Å². The average molecular weight is 257 g/mol. The summed E-state index contributed by atoms with van der Waals surface area (Å²) in [5.41, 5.74) is 3.30. The Morgan fingerprint density at radius 3 is 2.42 bits per heavy atom. The van der Waals surface area contributed by atoms with E-state index in [1.807, 2.05) is 37.4 Å². The molecule has 19 heavy (non-hydrogen) atoms. The second-order valence-electron chi connectivity index (χ2n) is 4.38. The van der Waals surface area contributed by atoms with Crippen LogP contribution >= 0.6 is 0 Å². The summed E-state index contributed by atoms with van der Waals surface area (Å²) in [7, 11) is 3.51. The van der Waals surface area contributed by atoms with Crippen molar-refractivity contribution in [1.29, 1.82) is 0 Å². The molecule has 0 aromatic heterocycles. The maximum absolute atomic E-state index is 9.34. The number of nitrogens with one attached hydrogen (secondary N) is 1. The van der Waals surface area contributed by atoms with Gasteiger partial charge >= 0.3 is 0 Å². The van der Waals surface area contributed by atoms with Crippen LogP contribution in [0.2, 0.25) is 0 Å². The van der Waals surface area contributed by atoms with Crippen molar-refractivity contribution in [2.75, 3.05) is 20.8 Å². The molecule has 0 amide bonds. The number of hydrogen-bond acceptors (Lipinski definition) is 3. The minimum absolute atomic E-state index is 0.0365. The lowest BCUT2D eigenvalue weighted by atomic mass is 9.99. The van der Waals surface area contributed by atoms with Crippen LogP contribution in [0.3, 0.4) is 0 Å². The summed E-state index contributed by atoms with van der Waals surface area (Å²) in [4.78, 5) is 0. The number of aliphatic hydroxyl groups excluding tert-OH is 1. The molecule has 0 radical (unpaired) electrons. The van der Waals surface area contributed by atoms with Crippen molar-refractivity contribution < 1.29 is 9.84 Å². The Morgan fingerprint density at radius 1 is 1.11 bits per heavy atom. The number of aliphatic hydroxyl groups is 1. The zero-order valence-corrected chi connectivity index (χ0v) is 11.3. The predicted molar refractivity (Wildman–Crippen MR) is 77.3 cm³/mol. The van der Waals surface area contributed by atoms with E-state index < -0.39 is 0 Å². The fourth-order valence-corrected chi connectivity index (χ4v) is 2.10. The molecule has 0 aliphatic carbocycles. The zero-order chi connectivity index (χ0) is 13.7. The highest BCUT2D eigenvalue weighted by atomic mass is 16.5. The minimum Gasteiger partial charge on any atom is -0.497 e. The van der Waals surface area contributed by atoms with Crippen molar-refractivity contribution in [3.8, 4) is 16.9 Å². The largest absolute Gasteiger partial charge is 0.497 e. The van der Waals surface area contributed by atoms with E-state index in [4.69, 9.17) is 4.74 Å². The fraction of sp³-hybridized carbons (Fsp3) is 0.250. The van der Waals surface area contributed by atoms with Crippen molar-refractivity contribution in [3.05, 3.63) is 54.1 Å². The lowest BCUT2D eigenvalue weighted by Crippen LogP contribution is -2.19. The van der Waals surface area contributed by atoms with Crippen molar-refractivity contribution in [3.63, 3.8) is 0 Å². The van der Waals surface area contributed by atoms with E-state index in [1.165, 1.54) is 0 Å². The third-order valence-electron chi connectivity index (χ3n) is 3.22. The van der Waals surface area contributed by atoms with Gasteiger partial charge in [0.05, 0.1) is 19.8 Å². The SMILES string of the molecule is CNC(CO)c1cccc(-c2cccc(OC)c2)c1. The van der Waals surface area contributed by atoms with E-state index in [-0.39, 0.29) is 12.6 Å². The molecule has 2 aromatic rings. The molecule has 3 nitrogen and oxygen atoms in total. The Labute approximate surface area is 113 Å². The van der Waals surface area contributed by atoms with E-state index in [2.05, 4.69) is 23.5 Å².